The molecule has 1 N–H and O–H groups in total. The van der Waals surface area contributed by atoms with Gasteiger partial charge in [0.2, 0.25) is 0 Å². The number of rotatable bonds is 1. The molecule has 0 saturated heterocycles. The monoisotopic (exact) mass is 223 g/mol. The summed E-state index contributed by atoms with van der Waals surface area (Å²) >= 11 is 2.85. The van der Waals surface area contributed by atoms with E-state index in [1.54, 1.807) is 0 Å². The van der Waals surface area contributed by atoms with Crippen molar-refractivity contribution in [3.8, 4) is 5.75 Å². The molecule has 0 aliphatic rings. The molecule has 11 heavy (non-hydrogen) atoms. The lowest BCUT2D eigenvalue weighted by atomic mass is 10.2. The van der Waals surface area contributed by atoms with E-state index in [0.717, 1.165) is 6.20 Å². The van der Waals surface area contributed by atoms with Crippen LogP contribution in [0.3, 0.4) is 0 Å². The highest BCUT2D eigenvalue weighted by Crippen LogP contribution is 2.33. The van der Waals surface area contributed by atoms with Crippen molar-refractivity contribution in [2.75, 3.05) is 0 Å². The fourth-order valence-electron chi connectivity index (χ4n) is 0.651. The van der Waals surface area contributed by atoms with Gasteiger partial charge in [-0.2, -0.15) is 0 Å². The number of hydrogen-bond acceptors (Lipinski definition) is 2. The van der Waals surface area contributed by atoms with Crippen LogP contribution in [0.25, 0.3) is 0 Å². The van der Waals surface area contributed by atoms with Crippen LogP contribution in [-0.2, 0) is 0 Å². The maximum absolute atomic E-state index is 12.1. The van der Waals surface area contributed by atoms with Gasteiger partial charge in [0, 0.05) is 10.7 Å². The van der Waals surface area contributed by atoms with Gasteiger partial charge in [0.1, 0.15) is 5.75 Å². The largest absolute Gasteiger partial charge is 0.506 e. The molecule has 0 aliphatic carbocycles. The molecule has 1 rings (SSSR count). The Kier molecular flexibility index (Phi) is 2.38. The first kappa shape index (κ1) is 8.39. The van der Waals surface area contributed by atoms with Crippen LogP contribution >= 0.6 is 15.9 Å². The lowest BCUT2D eigenvalue weighted by Gasteiger charge is -2.03. The van der Waals surface area contributed by atoms with Crippen molar-refractivity contribution in [2.45, 2.75) is 6.43 Å². The first-order valence-electron chi connectivity index (χ1n) is 2.73. The third kappa shape index (κ3) is 1.65. The van der Waals surface area contributed by atoms with E-state index in [1.807, 2.05) is 0 Å². The van der Waals surface area contributed by atoms with Gasteiger partial charge in [0.15, 0.2) is 0 Å². The fraction of sp³-hybridized carbons (Fsp3) is 0.167. The second-order valence-electron chi connectivity index (χ2n) is 1.85. The van der Waals surface area contributed by atoms with Crippen LogP contribution in [-0.4, -0.2) is 10.1 Å². The molecule has 1 aromatic rings. The molecule has 0 amide bonds. The average Bonchev–Trinajstić information content (AvgIpc) is 1.85. The van der Waals surface area contributed by atoms with Gasteiger partial charge in [-0.05, 0) is 15.9 Å². The Labute approximate surface area is 70.0 Å². The highest BCUT2D eigenvalue weighted by molar-refractivity contribution is 9.10. The van der Waals surface area contributed by atoms with E-state index in [-0.39, 0.29) is 4.47 Å². The molecule has 0 aliphatic heterocycles. The van der Waals surface area contributed by atoms with E-state index in [1.165, 1.54) is 6.20 Å². The predicted molar refractivity (Wildman–Crippen MR) is 38.6 cm³/mol. The van der Waals surface area contributed by atoms with Crippen LogP contribution in [0.1, 0.15) is 12.0 Å². The van der Waals surface area contributed by atoms with E-state index in [2.05, 4.69) is 20.9 Å². The van der Waals surface area contributed by atoms with Crippen molar-refractivity contribution in [3.05, 3.63) is 22.4 Å². The SMILES string of the molecule is Oc1cncc(Br)c1C(F)F. The van der Waals surface area contributed by atoms with E-state index < -0.39 is 17.7 Å². The summed E-state index contributed by atoms with van der Waals surface area (Å²) in [5, 5.41) is 8.89. The maximum Gasteiger partial charge on any atom is 0.268 e. The maximum atomic E-state index is 12.1. The standard InChI is InChI=1S/C6H4BrF2NO/c7-3-1-10-2-4(11)5(3)6(8)9/h1-2,6,11H. The van der Waals surface area contributed by atoms with E-state index in [0.29, 0.717) is 0 Å². The number of pyridine rings is 1. The van der Waals surface area contributed by atoms with E-state index >= 15 is 0 Å². The quantitative estimate of drug-likeness (QED) is 0.794. The molecule has 5 heteroatoms. The second-order valence-corrected chi connectivity index (χ2v) is 2.71. The third-order valence-electron chi connectivity index (χ3n) is 1.14. The Bertz CT molecular complexity index is 247. The molecular formula is C6H4BrF2NO. The second kappa shape index (κ2) is 3.13. The van der Waals surface area contributed by atoms with Crippen molar-refractivity contribution < 1.29 is 13.9 Å². The molecule has 0 aromatic carbocycles. The summed E-state index contributed by atoms with van der Waals surface area (Å²) in [6.07, 6.45) is -0.500. The molecule has 0 bridgehead atoms. The summed E-state index contributed by atoms with van der Waals surface area (Å²) in [6.45, 7) is 0. The molecular weight excluding hydrogens is 220 g/mol. The normalized spacial score (nSPS) is 10.5. The average molecular weight is 224 g/mol. The highest BCUT2D eigenvalue weighted by Gasteiger charge is 2.16. The van der Waals surface area contributed by atoms with Crippen molar-refractivity contribution in [2.24, 2.45) is 0 Å². The Morgan fingerprint density at radius 2 is 2.09 bits per heavy atom. The smallest absolute Gasteiger partial charge is 0.268 e. The summed E-state index contributed by atoms with van der Waals surface area (Å²) in [5.74, 6) is -0.491. The summed E-state index contributed by atoms with van der Waals surface area (Å²) in [5.41, 5.74) is -0.417. The van der Waals surface area contributed by atoms with Gasteiger partial charge in [-0.3, -0.25) is 4.98 Å². The molecule has 2 nitrogen and oxygen atoms in total. The first-order valence-corrected chi connectivity index (χ1v) is 3.52. The first-order chi connectivity index (χ1) is 5.13. The van der Waals surface area contributed by atoms with Crippen LogP contribution in [0.15, 0.2) is 16.9 Å². The van der Waals surface area contributed by atoms with Gasteiger partial charge in [0.25, 0.3) is 6.43 Å². The van der Waals surface area contributed by atoms with Gasteiger partial charge in [-0.25, -0.2) is 8.78 Å². The molecule has 0 atom stereocenters. The number of nitrogens with zero attached hydrogens (tertiary/aromatic N) is 1. The fourth-order valence-corrected chi connectivity index (χ4v) is 1.15. The van der Waals surface area contributed by atoms with Gasteiger partial charge < -0.3 is 5.11 Å². The van der Waals surface area contributed by atoms with Crippen LogP contribution in [0, 0.1) is 0 Å². The topological polar surface area (TPSA) is 33.1 Å². The number of aromatic hydroxyl groups is 1. The zero-order chi connectivity index (χ0) is 8.43. The summed E-state index contributed by atoms with van der Waals surface area (Å²) in [7, 11) is 0. The van der Waals surface area contributed by atoms with Crippen LogP contribution in [0.2, 0.25) is 0 Å². The lowest BCUT2D eigenvalue weighted by molar-refractivity contribution is 0.146. The summed E-state index contributed by atoms with van der Waals surface area (Å²) < 4.78 is 24.3. The molecule has 0 unspecified atom stereocenters. The lowest BCUT2D eigenvalue weighted by Crippen LogP contribution is -1.88. The zero-order valence-corrected chi connectivity index (χ0v) is 6.85. The number of alkyl halides is 2. The van der Waals surface area contributed by atoms with Gasteiger partial charge in [-0.1, -0.05) is 0 Å². The van der Waals surface area contributed by atoms with Crippen LogP contribution in [0.4, 0.5) is 8.78 Å². The van der Waals surface area contributed by atoms with E-state index in [9.17, 15) is 8.78 Å². The Hall–Kier alpha value is -0.710. The molecule has 0 spiro atoms. The summed E-state index contributed by atoms with van der Waals surface area (Å²) in [6, 6.07) is 0. The van der Waals surface area contributed by atoms with Gasteiger partial charge in [-0.15, -0.1) is 0 Å². The minimum absolute atomic E-state index is 0.118. The van der Waals surface area contributed by atoms with Crippen molar-refractivity contribution in [1.29, 1.82) is 0 Å². The Morgan fingerprint density at radius 3 is 2.45 bits per heavy atom. The van der Waals surface area contributed by atoms with Gasteiger partial charge >= 0.3 is 0 Å². The molecule has 1 aromatic heterocycles. The molecule has 1 heterocycles. The van der Waals surface area contributed by atoms with Crippen LogP contribution < -0.4 is 0 Å². The molecule has 0 fully saturated rings. The van der Waals surface area contributed by atoms with E-state index in [4.69, 9.17) is 5.11 Å². The Morgan fingerprint density at radius 1 is 1.45 bits per heavy atom. The Balaban J connectivity index is 3.21. The minimum Gasteiger partial charge on any atom is -0.506 e. The van der Waals surface area contributed by atoms with Crippen molar-refractivity contribution >= 4 is 15.9 Å². The van der Waals surface area contributed by atoms with Crippen molar-refractivity contribution in [3.63, 3.8) is 0 Å². The van der Waals surface area contributed by atoms with Gasteiger partial charge in [0.05, 0.1) is 11.8 Å². The predicted octanol–water partition coefficient (Wildman–Crippen LogP) is 2.49. The number of hydrogen-bond donors (Lipinski definition) is 1. The number of aromatic nitrogens is 1. The molecule has 0 radical (unpaired) electrons. The van der Waals surface area contributed by atoms with Crippen molar-refractivity contribution in [1.82, 2.24) is 4.98 Å². The summed E-state index contributed by atoms with van der Waals surface area (Å²) in [4.78, 5) is 3.50. The highest BCUT2D eigenvalue weighted by atomic mass is 79.9. The molecule has 0 saturated carbocycles. The molecule has 60 valence electrons. The number of halogens is 3. The zero-order valence-electron chi connectivity index (χ0n) is 5.26. The third-order valence-corrected chi connectivity index (χ3v) is 1.77. The minimum atomic E-state index is -2.69. The van der Waals surface area contributed by atoms with Crippen LogP contribution in [0.5, 0.6) is 5.75 Å².